The summed E-state index contributed by atoms with van der Waals surface area (Å²) in [6, 6.07) is 8.99. The van der Waals surface area contributed by atoms with Crippen LogP contribution in [-0.2, 0) is 11.2 Å². The average Bonchev–Trinajstić information content (AvgIpc) is 2.47. The van der Waals surface area contributed by atoms with Gasteiger partial charge < -0.3 is 10.1 Å². The highest BCUT2D eigenvalue weighted by Crippen LogP contribution is 2.33. The maximum atomic E-state index is 6.07. The van der Waals surface area contributed by atoms with Gasteiger partial charge in [0.15, 0.2) is 0 Å². The van der Waals surface area contributed by atoms with Crippen LogP contribution < -0.4 is 5.32 Å². The van der Waals surface area contributed by atoms with Gasteiger partial charge in [-0.1, -0.05) is 45.0 Å². The number of hydrogen-bond acceptors (Lipinski definition) is 2. The Hall–Kier alpha value is -0.860. The summed E-state index contributed by atoms with van der Waals surface area (Å²) in [5.41, 5.74) is 2.75. The maximum Gasteiger partial charge on any atom is 0.0865 e. The van der Waals surface area contributed by atoms with Gasteiger partial charge in [-0.15, -0.1) is 0 Å². The van der Waals surface area contributed by atoms with E-state index in [1.165, 1.54) is 24.0 Å². The van der Waals surface area contributed by atoms with Crippen molar-refractivity contribution in [2.75, 3.05) is 19.7 Å². The van der Waals surface area contributed by atoms with E-state index < -0.39 is 0 Å². The molecule has 0 bridgehead atoms. The van der Waals surface area contributed by atoms with E-state index >= 15 is 0 Å². The lowest BCUT2D eigenvalue weighted by molar-refractivity contribution is -0.0278. The molecule has 0 aliphatic carbocycles. The quantitative estimate of drug-likeness (QED) is 0.848. The molecule has 2 heteroatoms. The Morgan fingerprint density at radius 2 is 2.00 bits per heavy atom. The van der Waals surface area contributed by atoms with Gasteiger partial charge in [0, 0.05) is 19.1 Å². The Bertz CT molecular complexity index is 385. The van der Waals surface area contributed by atoms with E-state index in [1.807, 2.05) is 0 Å². The van der Waals surface area contributed by atoms with Crippen LogP contribution in [0.2, 0.25) is 0 Å². The molecule has 2 atom stereocenters. The summed E-state index contributed by atoms with van der Waals surface area (Å²) in [6.45, 7) is 9.78. The second-order valence-corrected chi connectivity index (χ2v) is 6.34. The van der Waals surface area contributed by atoms with Crippen molar-refractivity contribution in [1.29, 1.82) is 0 Å². The van der Waals surface area contributed by atoms with Crippen molar-refractivity contribution in [3.63, 3.8) is 0 Å². The molecule has 1 heterocycles. The predicted molar refractivity (Wildman–Crippen MR) is 84.9 cm³/mol. The highest BCUT2D eigenvalue weighted by atomic mass is 16.5. The van der Waals surface area contributed by atoms with Crippen molar-refractivity contribution in [1.82, 2.24) is 5.32 Å². The zero-order valence-electron chi connectivity index (χ0n) is 13.2. The second-order valence-electron chi connectivity index (χ2n) is 6.34. The topological polar surface area (TPSA) is 21.3 Å². The summed E-state index contributed by atoms with van der Waals surface area (Å²) >= 11 is 0. The molecule has 1 aliphatic heterocycles. The van der Waals surface area contributed by atoms with E-state index in [-0.39, 0.29) is 6.10 Å². The number of ether oxygens (including phenoxy) is 1. The SMILES string of the molecule is CCc1ccc(C2OCCCC2CNCC(C)C)cc1. The van der Waals surface area contributed by atoms with Gasteiger partial charge >= 0.3 is 0 Å². The minimum atomic E-state index is 0.273. The summed E-state index contributed by atoms with van der Waals surface area (Å²) in [4.78, 5) is 0. The molecule has 0 saturated carbocycles. The van der Waals surface area contributed by atoms with Crippen molar-refractivity contribution in [3.05, 3.63) is 35.4 Å². The fourth-order valence-electron chi connectivity index (χ4n) is 2.92. The van der Waals surface area contributed by atoms with Crippen molar-refractivity contribution in [3.8, 4) is 0 Å². The Morgan fingerprint density at radius 3 is 2.65 bits per heavy atom. The standard InChI is InChI=1S/C18H29NO/c1-4-15-7-9-16(10-8-15)18-17(6-5-11-20-18)13-19-12-14(2)3/h7-10,14,17-19H,4-6,11-13H2,1-3H3. The maximum absolute atomic E-state index is 6.07. The molecule has 0 aromatic heterocycles. The van der Waals surface area contributed by atoms with Crippen LogP contribution in [0.4, 0.5) is 0 Å². The molecule has 0 amide bonds. The third kappa shape index (κ3) is 4.32. The van der Waals surface area contributed by atoms with Crippen LogP contribution in [0, 0.1) is 11.8 Å². The Balaban J connectivity index is 1.98. The fraction of sp³-hybridized carbons (Fsp3) is 0.667. The highest BCUT2D eigenvalue weighted by molar-refractivity contribution is 5.25. The van der Waals surface area contributed by atoms with E-state index in [9.17, 15) is 0 Å². The highest BCUT2D eigenvalue weighted by Gasteiger charge is 2.27. The summed E-state index contributed by atoms with van der Waals surface area (Å²) < 4.78 is 6.07. The first-order valence-electron chi connectivity index (χ1n) is 8.11. The van der Waals surface area contributed by atoms with Crippen LogP contribution in [-0.4, -0.2) is 19.7 Å². The summed E-state index contributed by atoms with van der Waals surface area (Å²) in [7, 11) is 0. The van der Waals surface area contributed by atoms with Crippen molar-refractivity contribution >= 4 is 0 Å². The normalized spacial score (nSPS) is 23.2. The molecule has 1 N–H and O–H groups in total. The van der Waals surface area contributed by atoms with Crippen molar-refractivity contribution < 1.29 is 4.74 Å². The minimum absolute atomic E-state index is 0.273. The molecule has 1 aromatic carbocycles. The van der Waals surface area contributed by atoms with Crippen LogP contribution in [0.15, 0.2) is 24.3 Å². The number of rotatable bonds is 6. The van der Waals surface area contributed by atoms with E-state index in [0.29, 0.717) is 11.8 Å². The molecule has 20 heavy (non-hydrogen) atoms. The van der Waals surface area contributed by atoms with Gasteiger partial charge in [0.1, 0.15) is 0 Å². The monoisotopic (exact) mass is 275 g/mol. The lowest BCUT2D eigenvalue weighted by Crippen LogP contribution is -2.33. The smallest absolute Gasteiger partial charge is 0.0865 e. The van der Waals surface area contributed by atoms with Gasteiger partial charge in [0.2, 0.25) is 0 Å². The summed E-state index contributed by atoms with van der Waals surface area (Å²) in [6.07, 6.45) is 3.84. The zero-order chi connectivity index (χ0) is 14.4. The predicted octanol–water partition coefficient (Wildman–Crippen LogP) is 3.96. The molecule has 112 valence electrons. The van der Waals surface area contributed by atoms with Crippen LogP contribution >= 0.6 is 0 Å². The van der Waals surface area contributed by atoms with E-state index in [2.05, 4.69) is 50.4 Å². The van der Waals surface area contributed by atoms with E-state index in [0.717, 1.165) is 26.1 Å². The van der Waals surface area contributed by atoms with Crippen LogP contribution in [0.5, 0.6) is 0 Å². The largest absolute Gasteiger partial charge is 0.373 e. The van der Waals surface area contributed by atoms with Crippen LogP contribution in [0.3, 0.4) is 0 Å². The number of aryl methyl sites for hydroxylation is 1. The summed E-state index contributed by atoms with van der Waals surface area (Å²) in [5.74, 6) is 1.32. The van der Waals surface area contributed by atoms with Gasteiger partial charge in [0.05, 0.1) is 6.10 Å². The van der Waals surface area contributed by atoms with Crippen molar-refractivity contribution in [2.24, 2.45) is 11.8 Å². The summed E-state index contributed by atoms with van der Waals surface area (Å²) in [5, 5.41) is 3.60. The molecule has 2 rings (SSSR count). The van der Waals surface area contributed by atoms with Gasteiger partial charge in [-0.25, -0.2) is 0 Å². The Kier molecular flexibility index (Phi) is 6.06. The minimum Gasteiger partial charge on any atom is -0.373 e. The molecule has 0 spiro atoms. The Morgan fingerprint density at radius 1 is 1.25 bits per heavy atom. The molecule has 2 nitrogen and oxygen atoms in total. The number of hydrogen-bond donors (Lipinski definition) is 1. The fourth-order valence-corrected chi connectivity index (χ4v) is 2.92. The molecular weight excluding hydrogens is 246 g/mol. The number of nitrogens with one attached hydrogen (secondary N) is 1. The van der Waals surface area contributed by atoms with Crippen LogP contribution in [0.25, 0.3) is 0 Å². The lowest BCUT2D eigenvalue weighted by atomic mass is 9.89. The first-order valence-corrected chi connectivity index (χ1v) is 8.11. The first kappa shape index (κ1) is 15.5. The second kappa shape index (κ2) is 7.80. The molecule has 1 aromatic rings. The van der Waals surface area contributed by atoms with Gasteiger partial charge in [-0.3, -0.25) is 0 Å². The third-order valence-corrected chi connectivity index (χ3v) is 4.12. The molecule has 0 radical (unpaired) electrons. The molecule has 2 unspecified atom stereocenters. The molecule has 1 aliphatic rings. The van der Waals surface area contributed by atoms with Crippen LogP contribution in [0.1, 0.15) is 50.8 Å². The molecule has 1 saturated heterocycles. The first-order chi connectivity index (χ1) is 9.70. The molecular formula is C18H29NO. The van der Waals surface area contributed by atoms with Gasteiger partial charge in [0.25, 0.3) is 0 Å². The zero-order valence-corrected chi connectivity index (χ0v) is 13.2. The molecule has 1 fully saturated rings. The average molecular weight is 275 g/mol. The van der Waals surface area contributed by atoms with Gasteiger partial charge in [-0.05, 0) is 42.9 Å². The van der Waals surface area contributed by atoms with E-state index in [1.54, 1.807) is 0 Å². The number of benzene rings is 1. The third-order valence-electron chi connectivity index (χ3n) is 4.12. The lowest BCUT2D eigenvalue weighted by Gasteiger charge is -2.32. The Labute approximate surface area is 123 Å². The van der Waals surface area contributed by atoms with Gasteiger partial charge in [-0.2, -0.15) is 0 Å². The van der Waals surface area contributed by atoms with E-state index in [4.69, 9.17) is 4.74 Å². The van der Waals surface area contributed by atoms with Crippen molar-refractivity contribution in [2.45, 2.75) is 46.1 Å².